The molecular weight excluding hydrogens is 272 g/mol. The largest absolute Gasteiger partial charge is 0.348 e. The smallest absolute Gasteiger partial charge is 0.232 e. The first-order valence-electron chi connectivity index (χ1n) is 7.05. The second-order valence-corrected chi connectivity index (χ2v) is 6.23. The summed E-state index contributed by atoms with van der Waals surface area (Å²) in [7, 11) is 5.94. The number of amides is 1. The van der Waals surface area contributed by atoms with Gasteiger partial charge in [-0.05, 0) is 44.0 Å². The molecule has 0 saturated carbocycles. The van der Waals surface area contributed by atoms with Crippen molar-refractivity contribution < 1.29 is 4.79 Å². The van der Waals surface area contributed by atoms with Gasteiger partial charge in [0.15, 0.2) is 0 Å². The summed E-state index contributed by atoms with van der Waals surface area (Å²) < 4.78 is 0. The zero-order valence-electron chi connectivity index (χ0n) is 12.4. The lowest BCUT2D eigenvalue weighted by molar-refractivity contribution is -0.138. The zero-order chi connectivity index (χ0) is 13.6. The van der Waals surface area contributed by atoms with Crippen molar-refractivity contribution in [1.82, 2.24) is 9.80 Å². The van der Waals surface area contributed by atoms with Gasteiger partial charge < -0.3 is 9.80 Å². The molecule has 1 aliphatic carbocycles. The van der Waals surface area contributed by atoms with E-state index in [-0.39, 0.29) is 23.7 Å². The molecule has 1 aromatic carbocycles. The number of rotatable bonds is 1. The van der Waals surface area contributed by atoms with Crippen molar-refractivity contribution >= 4 is 18.3 Å². The minimum atomic E-state index is -0.282. The molecule has 3 nitrogen and oxygen atoms in total. The molecule has 2 unspecified atom stereocenters. The second-order valence-electron chi connectivity index (χ2n) is 6.23. The summed E-state index contributed by atoms with van der Waals surface area (Å²) >= 11 is 0. The highest BCUT2D eigenvalue weighted by molar-refractivity contribution is 5.89. The number of piperidine rings is 1. The first-order chi connectivity index (χ1) is 9.04. The second kappa shape index (κ2) is 5.38. The molecule has 2 atom stereocenters. The lowest BCUT2D eigenvalue weighted by Crippen LogP contribution is -2.57. The number of hydrogen-bond acceptors (Lipinski definition) is 2. The molecule has 3 rings (SSSR count). The number of likely N-dealkylation sites (tertiary alicyclic amines) is 1. The Morgan fingerprint density at radius 2 is 2.05 bits per heavy atom. The van der Waals surface area contributed by atoms with Crippen LogP contribution >= 0.6 is 12.4 Å². The fourth-order valence-corrected chi connectivity index (χ4v) is 3.84. The number of nitrogens with zero attached hydrogens (tertiary/aromatic N) is 2. The van der Waals surface area contributed by atoms with Crippen LogP contribution < -0.4 is 0 Å². The molecule has 1 fully saturated rings. The third kappa shape index (κ3) is 2.13. The molecule has 2 bridgehead atoms. The van der Waals surface area contributed by atoms with E-state index < -0.39 is 0 Å². The predicted octanol–water partition coefficient (Wildman–Crippen LogP) is 2.08. The van der Waals surface area contributed by atoms with Crippen molar-refractivity contribution in [3.63, 3.8) is 0 Å². The summed E-state index contributed by atoms with van der Waals surface area (Å²) in [6.45, 7) is 1.01. The van der Waals surface area contributed by atoms with Gasteiger partial charge in [-0.1, -0.05) is 24.3 Å². The van der Waals surface area contributed by atoms with E-state index in [1.807, 2.05) is 14.1 Å². The highest BCUT2D eigenvalue weighted by atomic mass is 35.5. The van der Waals surface area contributed by atoms with Crippen LogP contribution in [0.1, 0.15) is 24.0 Å². The quantitative estimate of drug-likeness (QED) is 0.792. The van der Waals surface area contributed by atoms with E-state index in [1.54, 1.807) is 4.90 Å². The van der Waals surface area contributed by atoms with E-state index in [0.717, 1.165) is 25.8 Å². The molecule has 0 radical (unpaired) electrons. The van der Waals surface area contributed by atoms with Gasteiger partial charge >= 0.3 is 0 Å². The molecule has 0 aromatic heterocycles. The van der Waals surface area contributed by atoms with E-state index in [2.05, 4.69) is 36.2 Å². The lowest BCUT2D eigenvalue weighted by Gasteiger charge is -2.50. The number of fused-ring (bicyclic) bond motifs is 4. The minimum absolute atomic E-state index is 0. The van der Waals surface area contributed by atoms with Crippen LogP contribution in [0.15, 0.2) is 24.3 Å². The lowest BCUT2D eigenvalue weighted by atomic mass is 9.63. The minimum Gasteiger partial charge on any atom is -0.348 e. The number of benzene rings is 1. The maximum absolute atomic E-state index is 12.8. The molecule has 1 amide bonds. The van der Waals surface area contributed by atoms with Crippen LogP contribution in [-0.4, -0.2) is 49.4 Å². The first kappa shape index (κ1) is 15.3. The van der Waals surface area contributed by atoms with Crippen molar-refractivity contribution in [3.05, 3.63) is 35.4 Å². The van der Waals surface area contributed by atoms with Gasteiger partial charge in [-0.25, -0.2) is 0 Å². The van der Waals surface area contributed by atoms with E-state index >= 15 is 0 Å². The molecule has 20 heavy (non-hydrogen) atoms. The van der Waals surface area contributed by atoms with Crippen molar-refractivity contribution in [3.8, 4) is 0 Å². The fraction of sp³-hybridized carbons (Fsp3) is 0.562. The predicted molar refractivity (Wildman–Crippen MR) is 83.4 cm³/mol. The highest BCUT2D eigenvalue weighted by Crippen LogP contribution is 2.45. The van der Waals surface area contributed by atoms with E-state index in [4.69, 9.17) is 0 Å². The highest BCUT2D eigenvalue weighted by Gasteiger charge is 2.50. The van der Waals surface area contributed by atoms with E-state index in [9.17, 15) is 4.79 Å². The Morgan fingerprint density at radius 1 is 1.35 bits per heavy atom. The summed E-state index contributed by atoms with van der Waals surface area (Å²) in [5.74, 6) is 0.276. The number of hydrogen-bond donors (Lipinski definition) is 0. The number of likely N-dealkylation sites (N-methyl/N-ethyl adjacent to an activating group) is 2. The molecule has 1 saturated heterocycles. The Balaban J connectivity index is 0.00000147. The molecule has 0 N–H and O–H groups in total. The number of carbonyl (C=O) groups excluding carboxylic acids is 1. The Bertz CT molecular complexity index is 517. The van der Waals surface area contributed by atoms with Crippen LogP contribution in [0.5, 0.6) is 0 Å². The molecular formula is C16H23ClN2O. The van der Waals surface area contributed by atoms with Crippen LogP contribution in [0.25, 0.3) is 0 Å². The third-order valence-electron chi connectivity index (χ3n) is 4.90. The normalized spacial score (nSPS) is 28.2. The van der Waals surface area contributed by atoms with Crippen molar-refractivity contribution in [2.45, 2.75) is 30.7 Å². The molecule has 4 heteroatoms. The third-order valence-corrected chi connectivity index (χ3v) is 4.90. The summed E-state index contributed by atoms with van der Waals surface area (Å²) in [4.78, 5) is 17.0. The van der Waals surface area contributed by atoms with Gasteiger partial charge in [0, 0.05) is 20.1 Å². The average molecular weight is 295 g/mol. The van der Waals surface area contributed by atoms with Crippen molar-refractivity contribution in [2.24, 2.45) is 0 Å². The zero-order valence-corrected chi connectivity index (χ0v) is 13.2. The monoisotopic (exact) mass is 294 g/mol. The van der Waals surface area contributed by atoms with Crippen molar-refractivity contribution in [1.29, 1.82) is 0 Å². The van der Waals surface area contributed by atoms with Gasteiger partial charge in [0.2, 0.25) is 5.91 Å². The van der Waals surface area contributed by atoms with Crippen LogP contribution in [0.4, 0.5) is 0 Å². The molecule has 110 valence electrons. The summed E-state index contributed by atoms with van der Waals surface area (Å²) in [6.07, 6.45) is 2.99. The molecule has 1 heterocycles. The molecule has 1 aromatic rings. The number of carbonyl (C=O) groups is 1. The summed E-state index contributed by atoms with van der Waals surface area (Å²) in [6, 6.07) is 9.03. The molecule has 0 spiro atoms. The maximum Gasteiger partial charge on any atom is 0.232 e. The maximum atomic E-state index is 12.8. The molecule has 2 aliphatic rings. The number of halogens is 1. The van der Waals surface area contributed by atoms with Crippen LogP contribution in [-0.2, 0) is 16.6 Å². The standard InChI is InChI=1S/C16H22N2O.ClH/c1-17(2)15(19)16-8-9-18(3)13(11-16)10-12-6-4-5-7-14(12)16;/h4-7,13H,8-11H2,1-3H3;1H. The Hall–Kier alpha value is -1.06. The van der Waals surface area contributed by atoms with Gasteiger partial charge in [-0.2, -0.15) is 0 Å². The Kier molecular flexibility index (Phi) is 4.12. The SMILES string of the molecule is CN(C)C(=O)C12CCN(C)C(Cc3ccccc31)C2.Cl. The van der Waals surface area contributed by atoms with E-state index in [1.165, 1.54) is 11.1 Å². The van der Waals surface area contributed by atoms with Crippen molar-refractivity contribution in [2.75, 3.05) is 27.7 Å². The van der Waals surface area contributed by atoms with Gasteiger partial charge in [0.05, 0.1) is 5.41 Å². The first-order valence-corrected chi connectivity index (χ1v) is 7.05. The fourth-order valence-electron chi connectivity index (χ4n) is 3.84. The van der Waals surface area contributed by atoms with Gasteiger partial charge in [0.25, 0.3) is 0 Å². The van der Waals surface area contributed by atoms with Gasteiger partial charge in [0.1, 0.15) is 0 Å². The average Bonchev–Trinajstić information content (AvgIpc) is 2.42. The summed E-state index contributed by atoms with van der Waals surface area (Å²) in [5.41, 5.74) is 2.36. The van der Waals surface area contributed by atoms with Crippen LogP contribution in [0, 0.1) is 0 Å². The Morgan fingerprint density at radius 3 is 2.75 bits per heavy atom. The van der Waals surface area contributed by atoms with Gasteiger partial charge in [-0.3, -0.25) is 4.79 Å². The molecule has 1 aliphatic heterocycles. The van der Waals surface area contributed by atoms with E-state index in [0.29, 0.717) is 6.04 Å². The van der Waals surface area contributed by atoms with Gasteiger partial charge in [-0.15, -0.1) is 12.4 Å². The van der Waals surface area contributed by atoms with Crippen LogP contribution in [0.3, 0.4) is 0 Å². The van der Waals surface area contributed by atoms with Crippen LogP contribution in [0.2, 0.25) is 0 Å². The Labute approximate surface area is 127 Å². The topological polar surface area (TPSA) is 23.6 Å². The summed E-state index contributed by atoms with van der Waals surface area (Å²) in [5, 5.41) is 0.